The lowest BCUT2D eigenvalue weighted by Gasteiger charge is -2.37. The van der Waals surface area contributed by atoms with Crippen molar-refractivity contribution in [3.8, 4) is 0 Å². The molecule has 9 nitrogen and oxygen atoms in total. The van der Waals surface area contributed by atoms with Crippen LogP contribution in [0.25, 0.3) is 0 Å². The number of carbonyl (C=O) groups is 1. The quantitative estimate of drug-likeness (QED) is 0.369. The van der Waals surface area contributed by atoms with Crippen molar-refractivity contribution in [2.45, 2.75) is 13.0 Å². The number of amidine groups is 1. The third-order valence-corrected chi connectivity index (χ3v) is 5.83. The van der Waals surface area contributed by atoms with Crippen molar-refractivity contribution >= 4 is 29.0 Å². The molecule has 0 spiro atoms. The number of benzene rings is 1. The molecule has 0 unspecified atom stereocenters. The van der Waals surface area contributed by atoms with Gasteiger partial charge in [-0.25, -0.2) is 9.37 Å². The summed E-state index contributed by atoms with van der Waals surface area (Å²) in [6, 6.07) is 9.23. The number of piperazine rings is 1. The number of morpholine rings is 1. The van der Waals surface area contributed by atoms with Gasteiger partial charge in [-0.1, -0.05) is 12.1 Å². The molecule has 1 aromatic heterocycles. The molecule has 1 aromatic carbocycles. The molecule has 0 bridgehead atoms. The van der Waals surface area contributed by atoms with Gasteiger partial charge in [-0.3, -0.25) is 10.2 Å². The minimum atomic E-state index is -0.644. The first-order valence-electron chi connectivity index (χ1n) is 11.1. The molecule has 176 valence electrons. The number of nitrogens with two attached hydrogens (primary N) is 1. The van der Waals surface area contributed by atoms with Crippen molar-refractivity contribution in [2.75, 3.05) is 67.2 Å². The van der Waals surface area contributed by atoms with Crippen LogP contribution >= 0.6 is 0 Å². The van der Waals surface area contributed by atoms with E-state index in [-0.39, 0.29) is 18.9 Å². The fourth-order valence-corrected chi connectivity index (χ4v) is 4.04. The Morgan fingerprint density at radius 2 is 1.79 bits per heavy atom. The number of rotatable bonds is 7. The van der Waals surface area contributed by atoms with Gasteiger partial charge in [0.2, 0.25) is 0 Å². The number of anilines is 3. The fourth-order valence-electron chi connectivity index (χ4n) is 4.04. The maximum Gasteiger partial charge on any atom is 0.313 e. The zero-order chi connectivity index (χ0) is 23.2. The molecule has 3 heterocycles. The highest BCUT2D eigenvalue weighted by Crippen LogP contribution is 2.26. The lowest BCUT2D eigenvalue weighted by atomic mass is 10.1. The smallest absolute Gasteiger partial charge is 0.313 e. The van der Waals surface area contributed by atoms with Gasteiger partial charge in [0, 0.05) is 44.8 Å². The highest BCUT2D eigenvalue weighted by molar-refractivity contribution is 5.94. The van der Waals surface area contributed by atoms with Gasteiger partial charge >= 0.3 is 5.97 Å². The van der Waals surface area contributed by atoms with Gasteiger partial charge in [0.05, 0.1) is 30.8 Å². The summed E-state index contributed by atoms with van der Waals surface area (Å²) < 4.78 is 25.5. The van der Waals surface area contributed by atoms with Crippen molar-refractivity contribution in [2.24, 2.45) is 5.73 Å². The predicted molar refractivity (Wildman–Crippen MR) is 124 cm³/mol. The first-order valence-corrected chi connectivity index (χ1v) is 11.1. The van der Waals surface area contributed by atoms with Gasteiger partial charge in [-0.15, -0.1) is 0 Å². The zero-order valence-electron chi connectivity index (χ0n) is 18.5. The van der Waals surface area contributed by atoms with Crippen LogP contribution in [0.2, 0.25) is 0 Å². The monoisotopic (exact) mass is 456 g/mol. The molecule has 4 rings (SSSR count). The Bertz CT molecular complexity index is 973. The SMILES string of the molecule is N=C(N)CC(=O)OCc1cccc(N2CCN(c3ccc(N4CCOCC4)nc3)CC2)c1F. The van der Waals surface area contributed by atoms with E-state index in [4.69, 9.17) is 20.6 Å². The number of hydrogen-bond acceptors (Lipinski definition) is 8. The van der Waals surface area contributed by atoms with Gasteiger partial charge in [0.15, 0.2) is 5.82 Å². The Hall–Kier alpha value is -3.40. The first kappa shape index (κ1) is 22.8. The molecule has 3 N–H and O–H groups in total. The number of hydrogen-bond donors (Lipinski definition) is 2. The van der Waals surface area contributed by atoms with E-state index in [1.165, 1.54) is 0 Å². The van der Waals surface area contributed by atoms with E-state index in [0.29, 0.717) is 24.3 Å². The van der Waals surface area contributed by atoms with Crippen LogP contribution in [0.3, 0.4) is 0 Å². The van der Waals surface area contributed by atoms with E-state index < -0.39 is 11.8 Å². The number of aromatic nitrogens is 1. The summed E-state index contributed by atoms with van der Waals surface area (Å²) in [6.07, 6.45) is 1.60. The third kappa shape index (κ3) is 5.70. The third-order valence-electron chi connectivity index (χ3n) is 5.83. The summed E-state index contributed by atoms with van der Waals surface area (Å²) in [5.74, 6) is -0.353. The summed E-state index contributed by atoms with van der Waals surface area (Å²) >= 11 is 0. The van der Waals surface area contributed by atoms with Crippen molar-refractivity contribution in [1.29, 1.82) is 5.41 Å². The number of halogens is 1. The number of nitrogens with one attached hydrogen (secondary N) is 1. The standard InChI is InChI=1S/C23H29FN6O3/c24-23-17(16-33-22(31)14-20(25)26)2-1-3-19(23)29-8-6-28(7-9-29)18-4-5-21(27-15-18)30-10-12-32-13-11-30/h1-5,15H,6-14,16H2,(H3,25,26). The maximum atomic E-state index is 15.1. The van der Waals surface area contributed by atoms with E-state index >= 15 is 4.39 Å². The largest absolute Gasteiger partial charge is 0.460 e. The molecule has 10 heteroatoms. The van der Waals surface area contributed by atoms with Crippen molar-refractivity contribution in [1.82, 2.24) is 4.98 Å². The summed E-state index contributed by atoms with van der Waals surface area (Å²) in [5.41, 5.74) is 7.05. The molecule has 2 fully saturated rings. The Kier molecular flexibility index (Phi) is 7.23. The number of nitrogens with zero attached hydrogens (tertiary/aromatic N) is 4. The van der Waals surface area contributed by atoms with E-state index in [0.717, 1.165) is 50.9 Å². The summed E-state index contributed by atoms with van der Waals surface area (Å²) in [7, 11) is 0. The minimum Gasteiger partial charge on any atom is -0.460 e. The van der Waals surface area contributed by atoms with Crippen LogP contribution in [0.5, 0.6) is 0 Å². The van der Waals surface area contributed by atoms with Crippen molar-refractivity contribution in [3.63, 3.8) is 0 Å². The Labute approximate surface area is 192 Å². The number of pyridine rings is 1. The van der Waals surface area contributed by atoms with Crippen molar-refractivity contribution < 1.29 is 18.7 Å². The summed E-state index contributed by atoms with van der Waals surface area (Å²) in [4.78, 5) is 22.7. The van der Waals surface area contributed by atoms with Gasteiger partial charge < -0.3 is 29.9 Å². The van der Waals surface area contributed by atoms with Crippen LogP contribution in [0, 0.1) is 11.2 Å². The second-order valence-corrected chi connectivity index (χ2v) is 8.06. The lowest BCUT2D eigenvalue weighted by Crippen LogP contribution is -2.47. The molecule has 2 aromatic rings. The highest BCUT2D eigenvalue weighted by atomic mass is 19.1. The number of esters is 1. The second-order valence-electron chi connectivity index (χ2n) is 8.06. The molecule has 0 radical (unpaired) electrons. The van der Waals surface area contributed by atoms with E-state index in [9.17, 15) is 4.79 Å². The second kappa shape index (κ2) is 10.5. The average molecular weight is 457 g/mol. The van der Waals surface area contributed by atoms with Crippen LogP contribution in [0.4, 0.5) is 21.6 Å². The van der Waals surface area contributed by atoms with Crippen LogP contribution in [-0.4, -0.2) is 69.3 Å². The topological polar surface area (TPSA) is 108 Å². The van der Waals surface area contributed by atoms with Gasteiger partial charge in [-0.05, 0) is 18.2 Å². The van der Waals surface area contributed by atoms with E-state index in [2.05, 4.69) is 20.9 Å². The lowest BCUT2D eigenvalue weighted by molar-refractivity contribution is -0.143. The predicted octanol–water partition coefficient (Wildman–Crippen LogP) is 1.75. The van der Waals surface area contributed by atoms with E-state index in [1.54, 1.807) is 18.2 Å². The Morgan fingerprint density at radius 1 is 1.06 bits per heavy atom. The van der Waals surface area contributed by atoms with Crippen LogP contribution in [0.15, 0.2) is 36.5 Å². The van der Waals surface area contributed by atoms with Crippen LogP contribution in [0.1, 0.15) is 12.0 Å². The molecule has 2 aliphatic rings. The molecule has 0 aliphatic carbocycles. The number of ether oxygens (including phenoxy) is 2. The molecule has 0 atom stereocenters. The molecule has 2 aliphatic heterocycles. The normalized spacial score (nSPS) is 16.6. The molecular formula is C23H29FN6O3. The molecule has 0 saturated carbocycles. The van der Waals surface area contributed by atoms with Gasteiger partial charge in [0.25, 0.3) is 0 Å². The van der Waals surface area contributed by atoms with Crippen LogP contribution in [-0.2, 0) is 20.9 Å². The molecular weight excluding hydrogens is 427 g/mol. The highest BCUT2D eigenvalue weighted by Gasteiger charge is 2.22. The zero-order valence-corrected chi connectivity index (χ0v) is 18.5. The summed E-state index contributed by atoms with van der Waals surface area (Å²) in [5, 5.41) is 7.14. The maximum absolute atomic E-state index is 15.1. The molecule has 33 heavy (non-hydrogen) atoms. The van der Waals surface area contributed by atoms with Crippen LogP contribution < -0.4 is 20.4 Å². The van der Waals surface area contributed by atoms with Crippen molar-refractivity contribution in [3.05, 3.63) is 47.9 Å². The number of carbonyl (C=O) groups excluding carboxylic acids is 1. The van der Waals surface area contributed by atoms with Gasteiger partial charge in [0.1, 0.15) is 24.7 Å². The molecule has 2 saturated heterocycles. The van der Waals surface area contributed by atoms with E-state index in [1.807, 2.05) is 17.2 Å². The Morgan fingerprint density at radius 3 is 2.45 bits per heavy atom. The molecule has 0 amide bonds. The minimum absolute atomic E-state index is 0.188. The first-order chi connectivity index (χ1) is 16.0. The Balaban J connectivity index is 1.34. The average Bonchev–Trinajstić information content (AvgIpc) is 2.84. The fraction of sp³-hybridized carbons (Fsp3) is 0.435. The summed E-state index contributed by atoms with van der Waals surface area (Å²) in [6.45, 7) is 5.79. The van der Waals surface area contributed by atoms with Gasteiger partial charge in [-0.2, -0.15) is 0 Å².